The lowest BCUT2D eigenvalue weighted by Gasteiger charge is -2.20. The van der Waals surface area contributed by atoms with E-state index in [1.807, 2.05) is 12.1 Å². The lowest BCUT2D eigenvalue weighted by atomic mass is 10.2. The van der Waals surface area contributed by atoms with Crippen LogP contribution < -0.4 is 10.3 Å². The molecule has 5 nitrogen and oxygen atoms in total. The van der Waals surface area contributed by atoms with Crippen LogP contribution in [0.1, 0.15) is 25.8 Å². The van der Waals surface area contributed by atoms with Crippen LogP contribution in [0.15, 0.2) is 65.8 Å². The van der Waals surface area contributed by atoms with E-state index in [0.29, 0.717) is 13.0 Å². The molecule has 4 aromatic rings. The number of nitrogens with one attached hydrogen (secondary N) is 1. The molecule has 7 heteroatoms. The van der Waals surface area contributed by atoms with Gasteiger partial charge in [0.1, 0.15) is 0 Å². The van der Waals surface area contributed by atoms with Crippen LogP contribution in [0.4, 0.5) is 5.69 Å². The molecule has 1 aromatic heterocycles. The molecule has 1 amide bonds. The van der Waals surface area contributed by atoms with Gasteiger partial charge in [-0.1, -0.05) is 12.1 Å². The Hall–Kier alpha value is -2.14. The Morgan fingerprint density at radius 1 is 0.939 bits per heavy atom. The monoisotopic (exact) mass is 664 g/mol. The number of carbonyl (C=O) groups is 1. The molecule has 0 saturated heterocycles. The molecular weight excluding hydrogens is 638 g/mol. The van der Waals surface area contributed by atoms with Gasteiger partial charge in [0.2, 0.25) is 5.91 Å². The number of carbonyl (C=O) groups excluding carboxylic acids is 1. The van der Waals surface area contributed by atoms with Gasteiger partial charge < -0.3 is 9.47 Å². The fraction of sp³-hybridized carbons (Fsp3) is 0.231. The molecule has 0 unspecified atom stereocenters. The number of fused-ring (bicyclic) bond motifs is 3. The zero-order valence-corrected chi connectivity index (χ0v) is 23.0. The molecule has 0 bridgehead atoms. The lowest BCUT2D eigenvalue weighted by Crippen LogP contribution is -2.21. The van der Waals surface area contributed by atoms with Crippen LogP contribution in [0.5, 0.6) is 0 Å². The molecule has 1 N–H and O–H groups in total. The van der Waals surface area contributed by atoms with Gasteiger partial charge in [0.15, 0.2) is 0 Å². The van der Waals surface area contributed by atoms with E-state index in [-0.39, 0.29) is 5.91 Å². The van der Waals surface area contributed by atoms with Crippen molar-refractivity contribution in [2.75, 3.05) is 18.0 Å². The standard InChI is InChI=1S/C26H26I2N4O/c1-3-31(4-2)21-9-5-18(6-10-21)17-29-30-26(33)13-14-32-24-11-7-19(27)15-22(24)23-16-20(28)8-12-25(23)32/h5-12,15-17H,3-4,13-14H2,1-2H3,(H,30,33). The van der Waals surface area contributed by atoms with Crippen molar-refractivity contribution in [1.82, 2.24) is 9.99 Å². The molecule has 0 aliphatic rings. The maximum atomic E-state index is 12.5. The van der Waals surface area contributed by atoms with Crippen LogP contribution in [0, 0.1) is 7.14 Å². The van der Waals surface area contributed by atoms with E-state index in [0.717, 1.165) is 29.7 Å². The number of aryl methyl sites for hydroxylation is 1. The van der Waals surface area contributed by atoms with E-state index in [1.54, 1.807) is 6.21 Å². The highest BCUT2D eigenvalue weighted by Gasteiger charge is 2.12. The minimum absolute atomic E-state index is 0.1000. The van der Waals surface area contributed by atoms with Gasteiger partial charge in [0.25, 0.3) is 0 Å². The maximum Gasteiger partial charge on any atom is 0.241 e. The summed E-state index contributed by atoms with van der Waals surface area (Å²) in [5.74, 6) is -0.1000. The van der Waals surface area contributed by atoms with Crippen molar-refractivity contribution in [3.8, 4) is 0 Å². The van der Waals surface area contributed by atoms with Gasteiger partial charge in [-0.25, -0.2) is 5.43 Å². The van der Waals surface area contributed by atoms with Crippen molar-refractivity contribution in [3.63, 3.8) is 0 Å². The number of halogens is 2. The van der Waals surface area contributed by atoms with Crippen LogP contribution in [-0.2, 0) is 11.3 Å². The highest BCUT2D eigenvalue weighted by atomic mass is 127. The van der Waals surface area contributed by atoms with Crippen molar-refractivity contribution < 1.29 is 4.79 Å². The molecule has 3 aromatic carbocycles. The number of anilines is 1. The summed E-state index contributed by atoms with van der Waals surface area (Å²) in [5.41, 5.74) is 7.12. The third-order valence-electron chi connectivity index (χ3n) is 5.78. The molecule has 33 heavy (non-hydrogen) atoms. The maximum absolute atomic E-state index is 12.5. The summed E-state index contributed by atoms with van der Waals surface area (Å²) in [5, 5.41) is 6.60. The average Bonchev–Trinajstić information content (AvgIpc) is 3.11. The predicted octanol–water partition coefficient (Wildman–Crippen LogP) is 6.39. The average molecular weight is 664 g/mol. The molecule has 4 rings (SSSR count). The van der Waals surface area contributed by atoms with Crippen molar-refractivity contribution in [2.24, 2.45) is 5.10 Å². The van der Waals surface area contributed by atoms with Crippen LogP contribution >= 0.6 is 45.2 Å². The molecule has 0 radical (unpaired) electrons. The predicted molar refractivity (Wildman–Crippen MR) is 155 cm³/mol. The summed E-state index contributed by atoms with van der Waals surface area (Å²) in [4.78, 5) is 14.8. The Morgan fingerprint density at radius 3 is 2.06 bits per heavy atom. The fourth-order valence-corrected chi connectivity index (χ4v) is 5.08. The third-order valence-corrected chi connectivity index (χ3v) is 7.12. The van der Waals surface area contributed by atoms with Crippen LogP contribution in [0.3, 0.4) is 0 Å². The molecule has 0 fully saturated rings. The van der Waals surface area contributed by atoms with Crippen molar-refractivity contribution in [1.29, 1.82) is 0 Å². The number of hydrogen-bond donors (Lipinski definition) is 1. The van der Waals surface area contributed by atoms with Crippen LogP contribution in [0.25, 0.3) is 21.8 Å². The Morgan fingerprint density at radius 2 is 1.52 bits per heavy atom. The highest BCUT2D eigenvalue weighted by Crippen LogP contribution is 2.31. The van der Waals surface area contributed by atoms with Gasteiger partial charge in [-0.15, -0.1) is 0 Å². The van der Waals surface area contributed by atoms with Crippen LogP contribution in [-0.4, -0.2) is 29.8 Å². The number of hydrazone groups is 1. The Bertz CT molecular complexity index is 1250. The number of hydrogen-bond acceptors (Lipinski definition) is 3. The molecule has 170 valence electrons. The first kappa shape index (κ1) is 24.0. The zero-order chi connectivity index (χ0) is 23.4. The van der Waals surface area contributed by atoms with Gasteiger partial charge in [0.05, 0.1) is 6.21 Å². The van der Waals surface area contributed by atoms with Crippen molar-refractivity contribution in [3.05, 3.63) is 73.4 Å². The van der Waals surface area contributed by atoms with E-state index < -0.39 is 0 Å². The number of nitrogens with zero attached hydrogens (tertiary/aromatic N) is 3. The number of rotatable bonds is 8. The first-order valence-corrected chi connectivity index (χ1v) is 13.2. The molecule has 1 heterocycles. The minimum Gasteiger partial charge on any atom is -0.372 e. The highest BCUT2D eigenvalue weighted by molar-refractivity contribution is 14.1. The Balaban J connectivity index is 1.43. The zero-order valence-electron chi connectivity index (χ0n) is 18.7. The van der Waals surface area contributed by atoms with Gasteiger partial charge in [-0.2, -0.15) is 5.10 Å². The van der Waals surface area contributed by atoms with Gasteiger partial charge in [0, 0.05) is 60.7 Å². The summed E-state index contributed by atoms with van der Waals surface area (Å²) in [6.45, 7) is 6.85. The lowest BCUT2D eigenvalue weighted by molar-refractivity contribution is -0.121. The van der Waals surface area contributed by atoms with E-state index in [2.05, 4.69) is 128 Å². The topological polar surface area (TPSA) is 49.6 Å². The summed E-state index contributed by atoms with van der Waals surface area (Å²) in [6, 6.07) is 21.1. The smallest absolute Gasteiger partial charge is 0.241 e. The minimum atomic E-state index is -0.1000. The summed E-state index contributed by atoms with van der Waals surface area (Å²) in [6.07, 6.45) is 2.04. The SMILES string of the molecule is CCN(CC)c1ccc(C=NNC(=O)CCn2c3ccc(I)cc3c3cc(I)ccc32)cc1. The van der Waals surface area contributed by atoms with E-state index in [9.17, 15) is 4.79 Å². The number of benzene rings is 3. The van der Waals surface area contributed by atoms with Crippen LogP contribution in [0.2, 0.25) is 0 Å². The number of aromatic nitrogens is 1. The first-order valence-electron chi connectivity index (χ1n) is 11.0. The second kappa shape index (κ2) is 10.9. The van der Waals surface area contributed by atoms with Crippen molar-refractivity contribution in [2.45, 2.75) is 26.8 Å². The molecule has 0 aliphatic heterocycles. The van der Waals surface area contributed by atoms with E-state index in [4.69, 9.17) is 0 Å². The largest absolute Gasteiger partial charge is 0.372 e. The normalized spacial score (nSPS) is 11.5. The molecule has 0 saturated carbocycles. The molecule has 0 spiro atoms. The van der Waals surface area contributed by atoms with Gasteiger partial charge >= 0.3 is 0 Å². The van der Waals surface area contributed by atoms with E-state index >= 15 is 0 Å². The second-order valence-corrected chi connectivity index (χ2v) is 10.3. The summed E-state index contributed by atoms with van der Waals surface area (Å²) >= 11 is 4.69. The van der Waals surface area contributed by atoms with Crippen molar-refractivity contribution >= 4 is 84.8 Å². The van der Waals surface area contributed by atoms with E-state index in [1.165, 1.54) is 23.6 Å². The Labute approximate surface area is 221 Å². The van der Waals surface area contributed by atoms with Gasteiger partial charge in [-0.05, 0) is 113 Å². The number of amides is 1. The Kier molecular flexibility index (Phi) is 7.90. The fourth-order valence-electron chi connectivity index (χ4n) is 4.10. The molecule has 0 atom stereocenters. The molecule has 0 aliphatic carbocycles. The van der Waals surface area contributed by atoms with Gasteiger partial charge in [-0.3, -0.25) is 4.79 Å². The quantitative estimate of drug-likeness (QED) is 0.135. The molecular formula is C26H26I2N4O. The first-order chi connectivity index (χ1) is 16.0. The second-order valence-electron chi connectivity index (χ2n) is 7.78. The summed E-state index contributed by atoms with van der Waals surface area (Å²) in [7, 11) is 0. The summed E-state index contributed by atoms with van der Waals surface area (Å²) < 4.78 is 4.64. The third kappa shape index (κ3) is 5.51.